The van der Waals surface area contributed by atoms with E-state index < -0.39 is 0 Å². The Kier molecular flexibility index (Phi) is 4.04. The summed E-state index contributed by atoms with van der Waals surface area (Å²) in [5.41, 5.74) is -0.0702. The van der Waals surface area contributed by atoms with Crippen molar-refractivity contribution >= 4 is 11.8 Å². The number of hydrogen-bond acceptors (Lipinski definition) is 5. The van der Waals surface area contributed by atoms with Gasteiger partial charge in [-0.1, -0.05) is 11.8 Å². The maximum Gasteiger partial charge on any atom is 0.209 e. The first-order chi connectivity index (χ1) is 8.07. The number of tetrazole rings is 1. The van der Waals surface area contributed by atoms with E-state index in [1.54, 1.807) is 11.8 Å². The van der Waals surface area contributed by atoms with E-state index in [0.717, 1.165) is 23.9 Å². The lowest BCUT2D eigenvalue weighted by molar-refractivity contribution is 0.0315. The van der Waals surface area contributed by atoms with Gasteiger partial charge in [0.2, 0.25) is 5.16 Å². The highest BCUT2D eigenvalue weighted by Gasteiger charge is 2.21. The second-order valence-electron chi connectivity index (χ2n) is 5.34. The van der Waals surface area contributed by atoms with E-state index in [-0.39, 0.29) is 5.54 Å². The quantitative estimate of drug-likeness (QED) is 0.775. The summed E-state index contributed by atoms with van der Waals surface area (Å²) in [6, 6.07) is 0. The van der Waals surface area contributed by atoms with E-state index in [0.29, 0.717) is 6.10 Å². The predicted molar refractivity (Wildman–Crippen MR) is 67.1 cm³/mol. The zero-order chi connectivity index (χ0) is 12.3. The van der Waals surface area contributed by atoms with Crippen LogP contribution in [0.15, 0.2) is 5.16 Å². The minimum atomic E-state index is -0.0702. The molecule has 1 aliphatic rings. The Balaban J connectivity index is 1.92. The van der Waals surface area contributed by atoms with Crippen molar-refractivity contribution in [2.75, 3.05) is 12.4 Å². The van der Waals surface area contributed by atoms with Gasteiger partial charge in [-0.25, -0.2) is 4.68 Å². The first kappa shape index (κ1) is 12.8. The second-order valence-corrected chi connectivity index (χ2v) is 6.33. The zero-order valence-electron chi connectivity index (χ0n) is 10.7. The standard InChI is InChI=1S/C11H20N4OS/c1-11(2,3)15-10(12-13-14-15)17-8-9-6-4-5-7-16-9/h9H,4-8H2,1-3H3. The molecule has 2 heterocycles. The van der Waals surface area contributed by atoms with Crippen molar-refractivity contribution in [1.82, 2.24) is 20.2 Å². The third-order valence-electron chi connectivity index (χ3n) is 2.75. The van der Waals surface area contributed by atoms with Crippen LogP contribution in [0, 0.1) is 0 Å². The summed E-state index contributed by atoms with van der Waals surface area (Å²) in [5.74, 6) is 0.941. The van der Waals surface area contributed by atoms with E-state index in [1.165, 1.54) is 12.8 Å². The molecule has 1 saturated heterocycles. The number of hydrogen-bond donors (Lipinski definition) is 0. The molecule has 17 heavy (non-hydrogen) atoms. The van der Waals surface area contributed by atoms with Gasteiger partial charge in [-0.3, -0.25) is 0 Å². The molecule has 6 heteroatoms. The van der Waals surface area contributed by atoms with Gasteiger partial charge in [0.15, 0.2) is 0 Å². The van der Waals surface area contributed by atoms with Crippen LogP contribution in [0.2, 0.25) is 0 Å². The van der Waals surface area contributed by atoms with Gasteiger partial charge < -0.3 is 4.74 Å². The smallest absolute Gasteiger partial charge is 0.209 e. The molecule has 1 aliphatic heterocycles. The van der Waals surface area contributed by atoms with Crippen molar-refractivity contribution in [3.8, 4) is 0 Å². The van der Waals surface area contributed by atoms with Gasteiger partial charge >= 0.3 is 0 Å². The molecule has 96 valence electrons. The molecule has 0 N–H and O–H groups in total. The largest absolute Gasteiger partial charge is 0.377 e. The minimum absolute atomic E-state index is 0.0702. The van der Waals surface area contributed by atoms with Crippen LogP contribution in [0.4, 0.5) is 0 Å². The molecule has 0 bridgehead atoms. The van der Waals surface area contributed by atoms with E-state index in [2.05, 4.69) is 36.3 Å². The Labute approximate surface area is 106 Å². The first-order valence-electron chi connectivity index (χ1n) is 6.10. The number of nitrogens with zero attached hydrogens (tertiary/aromatic N) is 4. The molecule has 0 aromatic carbocycles. The number of ether oxygens (including phenoxy) is 1. The zero-order valence-corrected chi connectivity index (χ0v) is 11.5. The minimum Gasteiger partial charge on any atom is -0.377 e. The molecule has 1 aromatic heterocycles. The van der Waals surface area contributed by atoms with Crippen molar-refractivity contribution in [1.29, 1.82) is 0 Å². The molecule has 1 aromatic rings. The third-order valence-corrected chi connectivity index (χ3v) is 3.80. The van der Waals surface area contributed by atoms with Crippen LogP contribution in [0.3, 0.4) is 0 Å². The summed E-state index contributed by atoms with van der Waals surface area (Å²) >= 11 is 1.69. The van der Waals surface area contributed by atoms with Crippen LogP contribution in [0.25, 0.3) is 0 Å². The molecule has 2 rings (SSSR count). The Hall–Kier alpha value is -0.620. The Morgan fingerprint density at radius 3 is 2.88 bits per heavy atom. The summed E-state index contributed by atoms with van der Waals surface area (Å²) < 4.78 is 7.58. The van der Waals surface area contributed by atoms with Crippen molar-refractivity contribution in [3.05, 3.63) is 0 Å². The number of aromatic nitrogens is 4. The highest BCUT2D eigenvalue weighted by Crippen LogP contribution is 2.24. The second kappa shape index (κ2) is 5.35. The molecule has 0 amide bonds. The Bertz CT molecular complexity index is 355. The first-order valence-corrected chi connectivity index (χ1v) is 7.09. The molecule has 1 unspecified atom stereocenters. The van der Waals surface area contributed by atoms with E-state index in [4.69, 9.17) is 4.74 Å². The lowest BCUT2D eigenvalue weighted by Gasteiger charge is -2.23. The van der Waals surface area contributed by atoms with Crippen LogP contribution < -0.4 is 0 Å². The van der Waals surface area contributed by atoms with E-state index in [9.17, 15) is 0 Å². The maximum atomic E-state index is 5.70. The van der Waals surface area contributed by atoms with Crippen LogP contribution in [0.5, 0.6) is 0 Å². The number of rotatable bonds is 3. The van der Waals surface area contributed by atoms with Crippen molar-refractivity contribution in [2.45, 2.75) is 56.8 Å². The lowest BCUT2D eigenvalue weighted by Crippen LogP contribution is -2.25. The summed E-state index contributed by atoms with van der Waals surface area (Å²) in [7, 11) is 0. The SMILES string of the molecule is CC(C)(C)n1nnnc1SCC1CCCCO1. The Morgan fingerprint density at radius 1 is 1.41 bits per heavy atom. The maximum absolute atomic E-state index is 5.70. The lowest BCUT2D eigenvalue weighted by atomic mass is 10.1. The molecule has 0 spiro atoms. The molecule has 0 aliphatic carbocycles. The van der Waals surface area contributed by atoms with Crippen molar-refractivity contribution < 1.29 is 4.74 Å². The van der Waals surface area contributed by atoms with E-state index >= 15 is 0 Å². The van der Waals surface area contributed by atoms with Gasteiger partial charge in [0, 0.05) is 12.4 Å². The average Bonchev–Trinajstić information content (AvgIpc) is 2.75. The van der Waals surface area contributed by atoms with Crippen LogP contribution in [-0.2, 0) is 10.3 Å². The van der Waals surface area contributed by atoms with Gasteiger partial charge in [0.1, 0.15) is 0 Å². The van der Waals surface area contributed by atoms with Gasteiger partial charge in [0.05, 0.1) is 11.6 Å². The highest BCUT2D eigenvalue weighted by atomic mass is 32.2. The van der Waals surface area contributed by atoms with Crippen molar-refractivity contribution in [2.24, 2.45) is 0 Å². The summed E-state index contributed by atoms with van der Waals surface area (Å²) in [6.45, 7) is 7.20. The van der Waals surface area contributed by atoms with E-state index in [1.807, 2.05) is 4.68 Å². The van der Waals surface area contributed by atoms with Crippen LogP contribution in [-0.4, -0.2) is 38.7 Å². The molecular weight excluding hydrogens is 236 g/mol. The van der Waals surface area contributed by atoms with Crippen LogP contribution >= 0.6 is 11.8 Å². The monoisotopic (exact) mass is 256 g/mol. The fourth-order valence-corrected chi connectivity index (χ4v) is 2.92. The Morgan fingerprint density at radius 2 is 2.24 bits per heavy atom. The van der Waals surface area contributed by atoms with Gasteiger partial charge in [-0.05, 0) is 50.5 Å². The van der Waals surface area contributed by atoms with Gasteiger partial charge in [0.25, 0.3) is 0 Å². The third kappa shape index (κ3) is 3.42. The molecule has 5 nitrogen and oxygen atoms in total. The summed E-state index contributed by atoms with van der Waals surface area (Å²) in [5, 5.41) is 12.8. The number of thioether (sulfide) groups is 1. The average molecular weight is 256 g/mol. The summed E-state index contributed by atoms with van der Waals surface area (Å²) in [6.07, 6.45) is 3.99. The molecule has 0 radical (unpaired) electrons. The van der Waals surface area contributed by atoms with Gasteiger partial charge in [-0.15, -0.1) is 5.10 Å². The topological polar surface area (TPSA) is 52.8 Å². The summed E-state index contributed by atoms with van der Waals surface area (Å²) in [4.78, 5) is 0. The van der Waals surface area contributed by atoms with Crippen LogP contribution in [0.1, 0.15) is 40.0 Å². The van der Waals surface area contributed by atoms with Crippen molar-refractivity contribution in [3.63, 3.8) is 0 Å². The normalized spacial score (nSPS) is 21.7. The van der Waals surface area contributed by atoms with Gasteiger partial charge in [-0.2, -0.15) is 0 Å². The highest BCUT2D eigenvalue weighted by molar-refractivity contribution is 7.99. The molecule has 1 fully saturated rings. The predicted octanol–water partition coefficient (Wildman–Crippen LogP) is 2.09. The molecular formula is C11H20N4OS. The fraction of sp³-hybridized carbons (Fsp3) is 0.909. The molecule has 1 atom stereocenters. The molecule has 0 saturated carbocycles. The fourth-order valence-electron chi connectivity index (χ4n) is 1.80.